The zero-order chi connectivity index (χ0) is 11.8. The van der Waals surface area contributed by atoms with Gasteiger partial charge in [-0.05, 0) is 6.07 Å². The number of alkyl halides is 5. The number of aromatic nitrogens is 1. The van der Waals surface area contributed by atoms with E-state index in [0.29, 0.717) is 0 Å². The largest absolute Gasteiger partial charge is 0.434 e. The minimum atomic E-state index is -4.99. The smallest absolute Gasteiger partial charge is 0.238 e. The minimum absolute atomic E-state index is 0.166. The van der Waals surface area contributed by atoms with Gasteiger partial charge in [-0.1, -0.05) is 11.6 Å². The molecule has 0 N–H and O–H groups in total. The predicted octanol–water partition coefficient (Wildman–Crippen LogP) is 3.83. The normalized spacial score (nSPS) is 12.3. The first-order valence-electron chi connectivity index (χ1n) is 3.44. The molecule has 0 aliphatic heterocycles. The molecule has 0 saturated heterocycles. The molecular formula is C7H2ClF6N. The van der Waals surface area contributed by atoms with Crippen LogP contribution in [0.5, 0.6) is 0 Å². The van der Waals surface area contributed by atoms with Crippen LogP contribution in [0.3, 0.4) is 0 Å². The number of hydrogen-bond acceptors (Lipinski definition) is 1. The minimum Gasteiger partial charge on any atom is -0.238 e. The summed E-state index contributed by atoms with van der Waals surface area (Å²) in [6.45, 7) is 0. The van der Waals surface area contributed by atoms with Crippen LogP contribution in [0.2, 0.25) is 5.02 Å². The second-order valence-corrected chi connectivity index (χ2v) is 2.89. The highest BCUT2D eigenvalue weighted by Gasteiger charge is 2.37. The van der Waals surface area contributed by atoms with Gasteiger partial charge in [-0.3, -0.25) is 0 Å². The van der Waals surface area contributed by atoms with Gasteiger partial charge in [0.15, 0.2) is 11.5 Å². The summed E-state index contributed by atoms with van der Waals surface area (Å²) in [7, 11) is 0. The van der Waals surface area contributed by atoms with E-state index in [4.69, 9.17) is 11.6 Å². The van der Waals surface area contributed by atoms with Gasteiger partial charge < -0.3 is 0 Å². The summed E-state index contributed by atoms with van der Waals surface area (Å²) in [5.74, 6) is -1.57. The highest BCUT2D eigenvalue weighted by molar-refractivity contribution is 6.31. The zero-order valence-corrected chi connectivity index (χ0v) is 7.50. The topological polar surface area (TPSA) is 12.9 Å². The lowest BCUT2D eigenvalue weighted by Gasteiger charge is -2.10. The van der Waals surface area contributed by atoms with E-state index in [1.165, 1.54) is 0 Å². The Balaban J connectivity index is 3.37. The number of halogens is 7. The van der Waals surface area contributed by atoms with Crippen LogP contribution in [0.1, 0.15) is 17.8 Å². The molecule has 84 valence electrons. The summed E-state index contributed by atoms with van der Waals surface area (Å²) in [6, 6.07) is 0.166. The van der Waals surface area contributed by atoms with Crippen LogP contribution in [-0.2, 0) is 6.18 Å². The van der Waals surface area contributed by atoms with Gasteiger partial charge >= 0.3 is 6.18 Å². The molecule has 1 nitrogen and oxygen atoms in total. The van der Waals surface area contributed by atoms with Crippen molar-refractivity contribution in [3.63, 3.8) is 0 Å². The van der Waals surface area contributed by atoms with Gasteiger partial charge in [-0.25, -0.2) is 18.2 Å². The number of nitrogens with zero attached hydrogens (tertiary/aromatic N) is 1. The molecule has 0 unspecified atom stereocenters. The third-order valence-electron chi connectivity index (χ3n) is 1.43. The Labute approximate surface area is 84.7 Å². The summed E-state index contributed by atoms with van der Waals surface area (Å²) >= 11 is 5.02. The number of pyridine rings is 1. The summed E-state index contributed by atoms with van der Waals surface area (Å²) in [6.07, 6.45) is -8.42. The van der Waals surface area contributed by atoms with Crippen molar-refractivity contribution in [3.8, 4) is 0 Å². The van der Waals surface area contributed by atoms with Gasteiger partial charge in [0.1, 0.15) is 5.69 Å². The molecule has 0 aliphatic rings. The van der Waals surface area contributed by atoms with Crippen LogP contribution in [0.4, 0.5) is 26.3 Å². The van der Waals surface area contributed by atoms with Gasteiger partial charge in [0.05, 0.1) is 5.02 Å². The summed E-state index contributed by atoms with van der Waals surface area (Å²) < 4.78 is 73.0. The Morgan fingerprint density at radius 1 is 1.27 bits per heavy atom. The quantitative estimate of drug-likeness (QED) is 0.689. The predicted molar refractivity (Wildman–Crippen MR) is 39.2 cm³/mol. The fourth-order valence-electron chi connectivity index (χ4n) is 0.833. The third kappa shape index (κ3) is 2.53. The maximum Gasteiger partial charge on any atom is 0.434 e. The molecule has 0 atom stereocenters. The van der Waals surface area contributed by atoms with Gasteiger partial charge in [-0.2, -0.15) is 13.2 Å². The Kier molecular flexibility index (Phi) is 3.13. The maximum absolute atomic E-state index is 12.7. The molecule has 0 fully saturated rings. The lowest BCUT2D eigenvalue weighted by molar-refractivity contribution is -0.141. The van der Waals surface area contributed by atoms with Gasteiger partial charge in [0, 0.05) is 0 Å². The first-order chi connectivity index (χ1) is 6.73. The van der Waals surface area contributed by atoms with Crippen LogP contribution in [0, 0.1) is 5.82 Å². The van der Waals surface area contributed by atoms with Crippen molar-refractivity contribution in [3.05, 3.63) is 28.3 Å². The molecule has 1 rings (SSSR count). The van der Waals surface area contributed by atoms with Crippen LogP contribution in [0.25, 0.3) is 0 Å². The third-order valence-corrected chi connectivity index (χ3v) is 1.72. The van der Waals surface area contributed by atoms with Crippen molar-refractivity contribution in [1.29, 1.82) is 0 Å². The van der Waals surface area contributed by atoms with Crippen LogP contribution >= 0.6 is 11.6 Å². The molecule has 0 aromatic carbocycles. The fraction of sp³-hybridized carbons (Fsp3) is 0.286. The standard InChI is InChI=1S/C7H2ClF6N/c8-2-1-3(9)4(6(10)11)15-5(2)7(12,13)14/h1,6H. The lowest BCUT2D eigenvalue weighted by Crippen LogP contribution is -2.12. The molecule has 1 aromatic rings. The van der Waals surface area contributed by atoms with Gasteiger partial charge in [-0.15, -0.1) is 0 Å². The second kappa shape index (κ2) is 3.88. The molecule has 0 spiro atoms. The van der Waals surface area contributed by atoms with E-state index in [9.17, 15) is 26.3 Å². The molecular weight excluding hydrogens is 248 g/mol. The van der Waals surface area contributed by atoms with Crippen molar-refractivity contribution in [1.82, 2.24) is 4.98 Å². The first kappa shape index (κ1) is 12.1. The Morgan fingerprint density at radius 2 is 1.80 bits per heavy atom. The molecule has 0 aliphatic carbocycles. The van der Waals surface area contributed by atoms with Crippen LogP contribution < -0.4 is 0 Å². The molecule has 1 aromatic heterocycles. The highest BCUT2D eigenvalue weighted by atomic mass is 35.5. The summed E-state index contributed by atoms with van der Waals surface area (Å²) in [4.78, 5) is 2.46. The lowest BCUT2D eigenvalue weighted by atomic mass is 10.3. The van der Waals surface area contributed by atoms with E-state index in [0.717, 1.165) is 0 Å². The molecule has 0 radical (unpaired) electrons. The molecule has 8 heteroatoms. The molecule has 0 saturated carbocycles. The fourth-order valence-corrected chi connectivity index (χ4v) is 1.08. The SMILES string of the molecule is Fc1cc(Cl)c(C(F)(F)F)nc1C(F)F. The molecule has 1 heterocycles. The van der Waals surface area contributed by atoms with Crippen LogP contribution in [-0.4, -0.2) is 4.98 Å². The second-order valence-electron chi connectivity index (χ2n) is 2.48. The Hall–Kier alpha value is -0.980. The van der Waals surface area contributed by atoms with Crippen molar-refractivity contribution in [2.24, 2.45) is 0 Å². The van der Waals surface area contributed by atoms with E-state index in [-0.39, 0.29) is 6.07 Å². The number of hydrogen-bond donors (Lipinski definition) is 0. The number of rotatable bonds is 1. The monoisotopic (exact) mass is 249 g/mol. The maximum atomic E-state index is 12.7. The van der Waals surface area contributed by atoms with Crippen molar-refractivity contribution in [2.75, 3.05) is 0 Å². The van der Waals surface area contributed by atoms with E-state index < -0.39 is 34.8 Å². The van der Waals surface area contributed by atoms with E-state index in [1.54, 1.807) is 0 Å². The molecule has 0 amide bonds. The van der Waals surface area contributed by atoms with E-state index in [1.807, 2.05) is 0 Å². The van der Waals surface area contributed by atoms with Crippen LogP contribution in [0.15, 0.2) is 6.07 Å². The van der Waals surface area contributed by atoms with Crippen molar-refractivity contribution < 1.29 is 26.3 Å². The van der Waals surface area contributed by atoms with Crippen molar-refractivity contribution >= 4 is 11.6 Å². The first-order valence-corrected chi connectivity index (χ1v) is 3.82. The Bertz CT molecular complexity index is 374. The highest BCUT2D eigenvalue weighted by Crippen LogP contribution is 2.35. The zero-order valence-electron chi connectivity index (χ0n) is 6.75. The van der Waals surface area contributed by atoms with E-state index >= 15 is 0 Å². The summed E-state index contributed by atoms with van der Waals surface area (Å²) in [5.41, 5.74) is -3.28. The average Bonchev–Trinajstić information content (AvgIpc) is 2.00. The van der Waals surface area contributed by atoms with Crippen molar-refractivity contribution in [2.45, 2.75) is 12.6 Å². The average molecular weight is 250 g/mol. The van der Waals surface area contributed by atoms with E-state index in [2.05, 4.69) is 4.98 Å². The molecule has 0 bridgehead atoms. The summed E-state index contributed by atoms with van der Waals surface area (Å²) in [5, 5.41) is -1.05. The molecule has 15 heavy (non-hydrogen) atoms. The Morgan fingerprint density at radius 3 is 2.20 bits per heavy atom. The van der Waals surface area contributed by atoms with Gasteiger partial charge in [0.2, 0.25) is 0 Å². The van der Waals surface area contributed by atoms with Gasteiger partial charge in [0.25, 0.3) is 6.43 Å².